The van der Waals surface area contributed by atoms with Gasteiger partial charge < -0.3 is 5.32 Å². The zero-order valence-corrected chi connectivity index (χ0v) is 11.9. The third-order valence-electron chi connectivity index (χ3n) is 3.02. The van der Waals surface area contributed by atoms with Gasteiger partial charge in [0.15, 0.2) is 0 Å². The average Bonchev–Trinajstić information content (AvgIpc) is 2.70. The first kappa shape index (κ1) is 14.2. The molecule has 1 aromatic carbocycles. The van der Waals surface area contributed by atoms with Crippen LogP contribution in [-0.2, 0) is 11.3 Å². The molecule has 1 aromatic heterocycles. The normalized spacial score (nSPS) is 10.8. The molecule has 20 heavy (non-hydrogen) atoms. The van der Waals surface area contributed by atoms with Crippen LogP contribution in [0.3, 0.4) is 0 Å². The number of rotatable bonds is 4. The second kappa shape index (κ2) is 5.86. The first-order chi connectivity index (χ1) is 9.45. The molecule has 0 bridgehead atoms. The minimum Gasteiger partial charge on any atom is -0.324 e. The van der Waals surface area contributed by atoms with Crippen molar-refractivity contribution < 1.29 is 9.18 Å². The van der Waals surface area contributed by atoms with Gasteiger partial charge in [0.2, 0.25) is 5.91 Å². The predicted octanol–water partition coefficient (Wildman–Crippen LogP) is 3.09. The number of aryl methyl sites for hydroxylation is 1. The van der Waals surface area contributed by atoms with E-state index in [0.29, 0.717) is 11.6 Å². The van der Waals surface area contributed by atoms with E-state index in [-0.39, 0.29) is 18.3 Å². The quantitative estimate of drug-likeness (QED) is 0.932. The van der Waals surface area contributed by atoms with E-state index in [1.165, 1.54) is 12.1 Å². The molecular formula is C15H18FN3O. The highest BCUT2D eigenvalue weighted by atomic mass is 19.1. The number of halogens is 1. The number of amides is 1. The summed E-state index contributed by atoms with van der Waals surface area (Å²) in [6, 6.07) is 5.82. The highest BCUT2D eigenvalue weighted by molar-refractivity contribution is 5.90. The molecule has 0 atom stereocenters. The van der Waals surface area contributed by atoms with Crippen molar-refractivity contribution in [1.29, 1.82) is 0 Å². The minimum atomic E-state index is -0.375. The molecule has 106 valence electrons. The van der Waals surface area contributed by atoms with Crippen molar-refractivity contribution in [1.82, 2.24) is 9.78 Å². The van der Waals surface area contributed by atoms with E-state index in [2.05, 4.69) is 24.3 Å². The number of carbonyl (C=O) groups excluding carboxylic acids is 1. The van der Waals surface area contributed by atoms with Crippen LogP contribution in [-0.4, -0.2) is 15.7 Å². The highest BCUT2D eigenvalue weighted by Gasteiger charge is 2.11. The van der Waals surface area contributed by atoms with Crippen molar-refractivity contribution in [3.05, 3.63) is 47.5 Å². The minimum absolute atomic E-state index is 0.115. The summed E-state index contributed by atoms with van der Waals surface area (Å²) in [6.07, 6.45) is 1.88. The zero-order valence-electron chi connectivity index (χ0n) is 11.9. The summed E-state index contributed by atoms with van der Waals surface area (Å²) in [5, 5.41) is 6.96. The van der Waals surface area contributed by atoms with Gasteiger partial charge in [0.1, 0.15) is 12.4 Å². The molecule has 0 aliphatic carbocycles. The molecule has 0 aliphatic heterocycles. The summed E-state index contributed by atoms with van der Waals surface area (Å²) < 4.78 is 14.6. The van der Waals surface area contributed by atoms with Crippen LogP contribution in [0, 0.1) is 12.7 Å². The molecule has 0 radical (unpaired) electrons. The number of nitrogens with one attached hydrogen (secondary N) is 1. The number of carbonyl (C=O) groups is 1. The molecular weight excluding hydrogens is 257 g/mol. The summed E-state index contributed by atoms with van der Waals surface area (Å²) >= 11 is 0. The van der Waals surface area contributed by atoms with E-state index < -0.39 is 0 Å². The van der Waals surface area contributed by atoms with Crippen LogP contribution in [0.4, 0.5) is 10.1 Å². The number of anilines is 1. The molecule has 1 amide bonds. The summed E-state index contributed by atoms with van der Waals surface area (Å²) in [6.45, 7) is 6.21. The van der Waals surface area contributed by atoms with Gasteiger partial charge in [-0.15, -0.1) is 0 Å². The smallest absolute Gasteiger partial charge is 0.246 e. The summed E-state index contributed by atoms with van der Waals surface area (Å²) in [4.78, 5) is 11.9. The number of benzene rings is 1. The van der Waals surface area contributed by atoms with Gasteiger partial charge in [0.25, 0.3) is 0 Å². The van der Waals surface area contributed by atoms with Crippen molar-refractivity contribution in [3.8, 4) is 0 Å². The fourth-order valence-corrected chi connectivity index (χ4v) is 2.09. The maximum atomic E-state index is 13.0. The lowest BCUT2D eigenvalue weighted by molar-refractivity contribution is -0.116. The van der Waals surface area contributed by atoms with Gasteiger partial charge in [-0.05, 0) is 36.6 Å². The third-order valence-corrected chi connectivity index (χ3v) is 3.02. The van der Waals surface area contributed by atoms with Gasteiger partial charge in [0.05, 0.1) is 5.69 Å². The Labute approximate surface area is 117 Å². The lowest BCUT2D eigenvalue weighted by Gasteiger charge is -2.05. The molecule has 0 spiro atoms. The van der Waals surface area contributed by atoms with Crippen LogP contribution in [0.15, 0.2) is 30.5 Å². The molecule has 0 fully saturated rings. The Balaban J connectivity index is 2.03. The summed E-state index contributed by atoms with van der Waals surface area (Å²) in [5.41, 5.74) is 2.50. The fraction of sp³-hybridized carbons (Fsp3) is 0.333. The molecule has 2 aromatic rings. The van der Waals surface area contributed by atoms with Crippen molar-refractivity contribution in [2.24, 2.45) is 0 Å². The number of nitrogens with zero attached hydrogens (tertiary/aromatic N) is 2. The first-order valence-electron chi connectivity index (χ1n) is 6.55. The molecule has 2 rings (SSSR count). The van der Waals surface area contributed by atoms with E-state index in [1.807, 2.05) is 13.1 Å². The Kier molecular flexibility index (Phi) is 4.17. The summed E-state index contributed by atoms with van der Waals surface area (Å²) in [5.74, 6) is -0.233. The number of hydrogen-bond donors (Lipinski definition) is 1. The van der Waals surface area contributed by atoms with Crippen molar-refractivity contribution in [2.45, 2.75) is 33.2 Å². The third kappa shape index (κ3) is 3.44. The van der Waals surface area contributed by atoms with E-state index in [9.17, 15) is 9.18 Å². The topological polar surface area (TPSA) is 46.9 Å². The zero-order chi connectivity index (χ0) is 14.7. The lowest BCUT2D eigenvalue weighted by Crippen LogP contribution is -2.19. The molecule has 0 unspecified atom stereocenters. The molecule has 0 saturated heterocycles. The van der Waals surface area contributed by atoms with Gasteiger partial charge >= 0.3 is 0 Å². The van der Waals surface area contributed by atoms with Gasteiger partial charge in [0, 0.05) is 11.9 Å². The standard InChI is InChI=1S/C15H18FN3O/c1-10(2)14-8-19(18-11(14)3)9-15(20)17-13-6-4-5-12(16)7-13/h4-8,10H,9H2,1-3H3,(H,17,20). The van der Waals surface area contributed by atoms with E-state index in [1.54, 1.807) is 16.8 Å². The average molecular weight is 275 g/mol. The SMILES string of the molecule is Cc1nn(CC(=O)Nc2cccc(F)c2)cc1C(C)C. The van der Waals surface area contributed by atoms with Gasteiger partial charge in [-0.1, -0.05) is 19.9 Å². The molecule has 1 heterocycles. The summed E-state index contributed by atoms with van der Waals surface area (Å²) in [7, 11) is 0. The molecule has 0 saturated carbocycles. The van der Waals surface area contributed by atoms with E-state index in [0.717, 1.165) is 11.3 Å². The van der Waals surface area contributed by atoms with Crippen molar-refractivity contribution in [2.75, 3.05) is 5.32 Å². The van der Waals surface area contributed by atoms with Crippen LogP contribution in [0.5, 0.6) is 0 Å². The Bertz CT molecular complexity index is 619. The molecule has 0 aliphatic rings. The van der Waals surface area contributed by atoms with Gasteiger partial charge in [-0.3, -0.25) is 9.48 Å². The van der Waals surface area contributed by atoms with E-state index in [4.69, 9.17) is 0 Å². The van der Waals surface area contributed by atoms with Crippen molar-refractivity contribution >= 4 is 11.6 Å². The molecule has 1 N–H and O–H groups in total. The Morgan fingerprint density at radius 3 is 2.80 bits per heavy atom. The second-order valence-corrected chi connectivity index (χ2v) is 5.08. The van der Waals surface area contributed by atoms with Crippen LogP contribution in [0.2, 0.25) is 0 Å². The maximum absolute atomic E-state index is 13.0. The Morgan fingerprint density at radius 1 is 1.45 bits per heavy atom. The number of hydrogen-bond acceptors (Lipinski definition) is 2. The largest absolute Gasteiger partial charge is 0.324 e. The monoisotopic (exact) mass is 275 g/mol. The second-order valence-electron chi connectivity index (χ2n) is 5.08. The van der Waals surface area contributed by atoms with E-state index >= 15 is 0 Å². The molecule has 5 heteroatoms. The van der Waals surface area contributed by atoms with Crippen LogP contribution in [0.25, 0.3) is 0 Å². The Hall–Kier alpha value is -2.17. The predicted molar refractivity (Wildman–Crippen MR) is 76.1 cm³/mol. The van der Waals surface area contributed by atoms with Crippen LogP contribution < -0.4 is 5.32 Å². The highest BCUT2D eigenvalue weighted by Crippen LogP contribution is 2.17. The number of aromatic nitrogens is 2. The van der Waals surface area contributed by atoms with Crippen LogP contribution in [0.1, 0.15) is 31.0 Å². The molecule has 4 nitrogen and oxygen atoms in total. The van der Waals surface area contributed by atoms with Crippen molar-refractivity contribution in [3.63, 3.8) is 0 Å². The van der Waals surface area contributed by atoms with Gasteiger partial charge in [-0.2, -0.15) is 5.10 Å². The Morgan fingerprint density at radius 2 is 2.20 bits per heavy atom. The van der Waals surface area contributed by atoms with Crippen LogP contribution >= 0.6 is 0 Å². The fourth-order valence-electron chi connectivity index (χ4n) is 2.09. The van der Waals surface area contributed by atoms with Gasteiger partial charge in [-0.25, -0.2) is 4.39 Å². The lowest BCUT2D eigenvalue weighted by atomic mass is 10.1. The maximum Gasteiger partial charge on any atom is 0.246 e. The first-order valence-corrected chi connectivity index (χ1v) is 6.55.